The zero-order valence-electron chi connectivity index (χ0n) is 10.2. The number of amides is 1. The number of carbonyl (C=O) groups excluding carboxylic acids is 1. The molecule has 2 heterocycles. The number of rotatable bonds is 3. The zero-order chi connectivity index (χ0) is 13.2. The van der Waals surface area contributed by atoms with Crippen LogP contribution in [0.2, 0.25) is 0 Å². The summed E-state index contributed by atoms with van der Waals surface area (Å²) in [5, 5.41) is 3.85. The summed E-state index contributed by atoms with van der Waals surface area (Å²) < 4.78 is 13.4. The summed E-state index contributed by atoms with van der Waals surface area (Å²) in [6.45, 7) is 1.87. The summed E-state index contributed by atoms with van der Waals surface area (Å²) in [5.74, 6) is 0.472. The van der Waals surface area contributed by atoms with Crippen LogP contribution in [0.15, 0.2) is 40.9 Å². The number of fused-ring (bicyclic) bond motifs is 1. The molecule has 0 bridgehead atoms. The van der Waals surface area contributed by atoms with E-state index in [-0.39, 0.29) is 11.9 Å². The molecule has 1 aromatic carbocycles. The molecule has 0 fully saturated rings. The summed E-state index contributed by atoms with van der Waals surface area (Å²) in [4.78, 5) is 11.9. The first-order chi connectivity index (χ1) is 9.24. The van der Waals surface area contributed by atoms with Crippen molar-refractivity contribution in [2.75, 3.05) is 0 Å². The number of aromatic nitrogens is 2. The largest absolute Gasteiger partial charge is 0.459 e. The molecule has 1 unspecified atom stereocenters. The van der Waals surface area contributed by atoms with Crippen LogP contribution in [0.25, 0.3) is 11.0 Å². The third kappa shape index (κ3) is 2.34. The van der Waals surface area contributed by atoms with Crippen molar-refractivity contribution < 1.29 is 9.21 Å². The summed E-state index contributed by atoms with van der Waals surface area (Å²) in [6.07, 6.45) is 1.45. The number of hydrogen-bond acceptors (Lipinski definition) is 5. The van der Waals surface area contributed by atoms with Crippen molar-refractivity contribution in [3.05, 3.63) is 48.0 Å². The Balaban J connectivity index is 1.80. The SMILES string of the molecule is CC(NC(=O)c1cnsn1)c1cc2ccccc2o1. The average molecular weight is 273 g/mol. The highest BCUT2D eigenvalue weighted by atomic mass is 32.1. The minimum absolute atomic E-state index is 0.221. The Bertz CT molecular complexity index is 673. The Morgan fingerprint density at radius 1 is 1.42 bits per heavy atom. The maximum Gasteiger partial charge on any atom is 0.273 e. The van der Waals surface area contributed by atoms with Gasteiger partial charge < -0.3 is 9.73 Å². The fourth-order valence-corrected chi connectivity index (χ4v) is 2.23. The van der Waals surface area contributed by atoms with Gasteiger partial charge >= 0.3 is 0 Å². The lowest BCUT2D eigenvalue weighted by molar-refractivity contribution is 0.0931. The van der Waals surface area contributed by atoms with Gasteiger partial charge in [0.25, 0.3) is 5.91 Å². The van der Waals surface area contributed by atoms with Gasteiger partial charge in [-0.3, -0.25) is 4.79 Å². The highest BCUT2D eigenvalue weighted by Gasteiger charge is 2.16. The molecule has 1 atom stereocenters. The fourth-order valence-electron chi connectivity index (χ4n) is 1.82. The number of nitrogens with one attached hydrogen (secondary N) is 1. The maximum atomic E-state index is 11.9. The van der Waals surface area contributed by atoms with Crippen molar-refractivity contribution in [1.29, 1.82) is 0 Å². The summed E-state index contributed by atoms with van der Waals surface area (Å²) in [5.41, 5.74) is 1.14. The van der Waals surface area contributed by atoms with Crippen LogP contribution in [0, 0.1) is 0 Å². The van der Waals surface area contributed by atoms with E-state index in [2.05, 4.69) is 14.1 Å². The quantitative estimate of drug-likeness (QED) is 0.796. The van der Waals surface area contributed by atoms with Crippen molar-refractivity contribution in [2.24, 2.45) is 0 Å². The van der Waals surface area contributed by atoms with Crippen LogP contribution >= 0.6 is 11.7 Å². The van der Waals surface area contributed by atoms with Gasteiger partial charge in [-0.25, -0.2) is 0 Å². The van der Waals surface area contributed by atoms with Gasteiger partial charge in [-0.15, -0.1) is 0 Å². The summed E-state index contributed by atoms with van der Waals surface area (Å²) in [7, 11) is 0. The Labute approximate surface area is 113 Å². The van der Waals surface area contributed by atoms with E-state index in [0.29, 0.717) is 5.69 Å². The standard InChI is InChI=1S/C13H11N3O2S/c1-8(15-13(17)10-7-14-19-16-10)12-6-9-4-2-3-5-11(9)18-12/h2-8H,1H3,(H,15,17). The number of benzene rings is 1. The summed E-state index contributed by atoms with van der Waals surface area (Å²) >= 11 is 1.01. The Morgan fingerprint density at radius 2 is 2.26 bits per heavy atom. The van der Waals surface area contributed by atoms with Gasteiger partial charge in [-0.1, -0.05) is 18.2 Å². The predicted molar refractivity (Wildman–Crippen MR) is 72.0 cm³/mol. The van der Waals surface area contributed by atoms with Gasteiger partial charge in [0.2, 0.25) is 0 Å². The molecular formula is C13H11N3O2S. The van der Waals surface area contributed by atoms with E-state index < -0.39 is 0 Å². The number of nitrogens with zero attached hydrogens (tertiary/aromatic N) is 2. The van der Waals surface area contributed by atoms with Crippen LogP contribution in [0.3, 0.4) is 0 Å². The number of carbonyl (C=O) groups is 1. The molecule has 5 nitrogen and oxygen atoms in total. The molecule has 0 saturated heterocycles. The molecule has 0 aliphatic carbocycles. The summed E-state index contributed by atoms with van der Waals surface area (Å²) in [6, 6.07) is 9.45. The van der Waals surface area contributed by atoms with Gasteiger partial charge in [0.1, 0.15) is 11.3 Å². The highest BCUT2D eigenvalue weighted by molar-refractivity contribution is 6.99. The maximum absolute atomic E-state index is 11.9. The fraction of sp³-hybridized carbons (Fsp3) is 0.154. The third-order valence-electron chi connectivity index (χ3n) is 2.81. The van der Waals surface area contributed by atoms with E-state index in [1.54, 1.807) is 0 Å². The van der Waals surface area contributed by atoms with E-state index in [9.17, 15) is 4.79 Å². The van der Waals surface area contributed by atoms with Crippen LogP contribution in [0.1, 0.15) is 29.2 Å². The molecule has 6 heteroatoms. The number of furan rings is 1. The molecule has 3 aromatic rings. The Hall–Kier alpha value is -2.21. The van der Waals surface area contributed by atoms with Crippen LogP contribution in [-0.4, -0.2) is 14.7 Å². The minimum Gasteiger partial charge on any atom is -0.459 e. The first-order valence-electron chi connectivity index (χ1n) is 5.81. The first kappa shape index (κ1) is 11.9. The van der Waals surface area contributed by atoms with Crippen molar-refractivity contribution in [3.63, 3.8) is 0 Å². The molecular weight excluding hydrogens is 262 g/mol. The van der Waals surface area contributed by atoms with Crippen molar-refractivity contribution in [2.45, 2.75) is 13.0 Å². The normalized spacial score (nSPS) is 12.5. The van der Waals surface area contributed by atoms with E-state index in [1.807, 2.05) is 37.3 Å². The molecule has 0 aliphatic heterocycles. The molecule has 0 spiro atoms. The van der Waals surface area contributed by atoms with Crippen LogP contribution < -0.4 is 5.32 Å². The second-order valence-corrected chi connectivity index (χ2v) is 4.73. The lowest BCUT2D eigenvalue weighted by Crippen LogP contribution is -2.26. The molecule has 96 valence electrons. The predicted octanol–water partition coefficient (Wildman–Crippen LogP) is 2.78. The van der Waals surface area contributed by atoms with Gasteiger partial charge in [0.05, 0.1) is 24.0 Å². The molecule has 0 radical (unpaired) electrons. The first-order valence-corrected chi connectivity index (χ1v) is 6.54. The monoisotopic (exact) mass is 273 g/mol. The molecule has 0 aliphatic rings. The van der Waals surface area contributed by atoms with Crippen LogP contribution in [-0.2, 0) is 0 Å². The van der Waals surface area contributed by atoms with Crippen LogP contribution in [0.5, 0.6) is 0 Å². The van der Waals surface area contributed by atoms with Gasteiger partial charge in [-0.05, 0) is 19.1 Å². The van der Waals surface area contributed by atoms with E-state index in [1.165, 1.54) is 6.20 Å². The third-order valence-corrected chi connectivity index (χ3v) is 3.29. The van der Waals surface area contributed by atoms with Crippen molar-refractivity contribution in [3.8, 4) is 0 Å². The van der Waals surface area contributed by atoms with Gasteiger partial charge in [0.15, 0.2) is 5.69 Å². The highest BCUT2D eigenvalue weighted by Crippen LogP contribution is 2.23. The zero-order valence-corrected chi connectivity index (χ0v) is 11.0. The second kappa shape index (κ2) is 4.81. The molecule has 2 aromatic heterocycles. The molecule has 1 amide bonds. The van der Waals surface area contributed by atoms with E-state index in [0.717, 1.165) is 28.5 Å². The van der Waals surface area contributed by atoms with E-state index >= 15 is 0 Å². The van der Waals surface area contributed by atoms with Gasteiger partial charge in [-0.2, -0.15) is 8.75 Å². The lowest BCUT2D eigenvalue weighted by Gasteiger charge is -2.09. The van der Waals surface area contributed by atoms with E-state index in [4.69, 9.17) is 4.42 Å². The number of para-hydroxylation sites is 1. The Morgan fingerprint density at radius 3 is 3.00 bits per heavy atom. The smallest absolute Gasteiger partial charge is 0.273 e. The molecule has 19 heavy (non-hydrogen) atoms. The van der Waals surface area contributed by atoms with Gasteiger partial charge in [0, 0.05) is 5.39 Å². The molecule has 1 N–H and O–H groups in total. The Kier molecular flexibility index (Phi) is 3.00. The average Bonchev–Trinajstić information content (AvgIpc) is 3.07. The molecule has 0 saturated carbocycles. The second-order valence-electron chi connectivity index (χ2n) is 4.17. The van der Waals surface area contributed by atoms with Crippen LogP contribution in [0.4, 0.5) is 0 Å². The minimum atomic E-state index is -0.248. The van der Waals surface area contributed by atoms with Crippen molar-refractivity contribution >= 4 is 28.6 Å². The van der Waals surface area contributed by atoms with Crippen molar-refractivity contribution in [1.82, 2.24) is 14.1 Å². The number of hydrogen-bond donors (Lipinski definition) is 1. The molecule has 3 rings (SSSR count). The lowest BCUT2D eigenvalue weighted by atomic mass is 10.2. The topological polar surface area (TPSA) is 68.0 Å².